The molecule has 158 valence electrons. The largest absolute Gasteiger partial charge is 0.495 e. The molecule has 1 saturated carbocycles. The molecule has 0 aliphatic heterocycles. The Labute approximate surface area is 175 Å². The van der Waals surface area contributed by atoms with Crippen LogP contribution in [0.15, 0.2) is 35.4 Å². The smallest absolute Gasteiger partial charge is 0.269 e. The first-order chi connectivity index (χ1) is 14.4. The summed E-state index contributed by atoms with van der Waals surface area (Å²) in [5, 5.41) is 8.72. The molecule has 2 atom stereocenters. The number of hydrogen-bond acceptors (Lipinski definition) is 6. The van der Waals surface area contributed by atoms with Gasteiger partial charge in [-0.2, -0.15) is 5.10 Å². The molecule has 0 aromatic carbocycles. The van der Waals surface area contributed by atoms with Gasteiger partial charge < -0.3 is 9.47 Å². The molecule has 1 fully saturated rings. The quantitative estimate of drug-likeness (QED) is 0.567. The van der Waals surface area contributed by atoms with Crippen molar-refractivity contribution in [2.24, 2.45) is 20.0 Å². The van der Waals surface area contributed by atoms with Crippen molar-refractivity contribution in [3.8, 4) is 11.6 Å². The molecule has 0 radical (unpaired) electrons. The van der Waals surface area contributed by atoms with Crippen LogP contribution in [0, 0.1) is 12.8 Å². The monoisotopic (exact) mass is 409 g/mol. The Kier molecular flexibility index (Phi) is 5.57. The molecular formula is C22H27N5O3. The lowest BCUT2D eigenvalue weighted by Crippen LogP contribution is -2.24. The minimum atomic E-state index is -0.0948. The van der Waals surface area contributed by atoms with E-state index in [4.69, 9.17) is 9.47 Å². The summed E-state index contributed by atoms with van der Waals surface area (Å²) < 4.78 is 14.3. The van der Waals surface area contributed by atoms with E-state index >= 15 is 0 Å². The van der Waals surface area contributed by atoms with Gasteiger partial charge in [-0.25, -0.2) is 4.68 Å². The van der Waals surface area contributed by atoms with Crippen LogP contribution in [-0.2, 0) is 26.9 Å². The number of hydrogen-bond donors (Lipinski definition) is 0. The Bertz CT molecular complexity index is 1090. The van der Waals surface area contributed by atoms with Crippen LogP contribution < -0.4 is 15.0 Å². The van der Waals surface area contributed by atoms with Gasteiger partial charge in [-0.15, -0.1) is 5.10 Å². The highest BCUT2D eigenvalue weighted by Crippen LogP contribution is 2.46. The van der Waals surface area contributed by atoms with E-state index < -0.39 is 0 Å². The van der Waals surface area contributed by atoms with E-state index in [0.29, 0.717) is 42.7 Å². The maximum Gasteiger partial charge on any atom is 0.269 e. The Hall–Kier alpha value is -3.16. The SMILES string of the molecule is COc1ccc([C@H]2C[C@@H]2COc2cc(CCc3nn(C)cc3C)c(=O)n(C)n2)nc1. The van der Waals surface area contributed by atoms with Gasteiger partial charge in [0.25, 0.3) is 5.56 Å². The molecule has 1 aliphatic carbocycles. The average molecular weight is 409 g/mol. The van der Waals surface area contributed by atoms with E-state index in [0.717, 1.165) is 29.1 Å². The van der Waals surface area contributed by atoms with Crippen molar-refractivity contribution in [3.05, 3.63) is 63.5 Å². The van der Waals surface area contributed by atoms with E-state index in [1.807, 2.05) is 32.3 Å². The average Bonchev–Trinajstić information content (AvgIpc) is 3.44. The number of ether oxygens (including phenoxy) is 2. The van der Waals surface area contributed by atoms with Gasteiger partial charge in [0.2, 0.25) is 5.88 Å². The molecule has 0 unspecified atom stereocenters. The Balaban J connectivity index is 1.37. The minimum absolute atomic E-state index is 0.0948. The summed E-state index contributed by atoms with van der Waals surface area (Å²) in [4.78, 5) is 16.9. The molecular weight excluding hydrogens is 382 g/mol. The third kappa shape index (κ3) is 4.37. The van der Waals surface area contributed by atoms with Crippen LogP contribution in [0.4, 0.5) is 0 Å². The first-order valence-electron chi connectivity index (χ1n) is 10.1. The van der Waals surface area contributed by atoms with Gasteiger partial charge in [0.05, 0.1) is 25.6 Å². The topological polar surface area (TPSA) is 84.1 Å². The molecule has 3 aromatic heterocycles. The fourth-order valence-electron chi connectivity index (χ4n) is 3.76. The third-order valence-electron chi connectivity index (χ3n) is 5.60. The van der Waals surface area contributed by atoms with Gasteiger partial charge in [-0.1, -0.05) is 0 Å². The van der Waals surface area contributed by atoms with Crippen molar-refractivity contribution in [2.75, 3.05) is 13.7 Å². The van der Waals surface area contributed by atoms with Crippen LogP contribution in [0.1, 0.15) is 34.9 Å². The van der Waals surface area contributed by atoms with Gasteiger partial charge >= 0.3 is 0 Å². The van der Waals surface area contributed by atoms with E-state index in [-0.39, 0.29) is 5.56 Å². The third-order valence-corrected chi connectivity index (χ3v) is 5.60. The van der Waals surface area contributed by atoms with Crippen molar-refractivity contribution < 1.29 is 9.47 Å². The molecule has 0 saturated heterocycles. The molecule has 3 aromatic rings. The van der Waals surface area contributed by atoms with Crippen LogP contribution >= 0.6 is 0 Å². The van der Waals surface area contributed by atoms with Crippen molar-refractivity contribution in [1.29, 1.82) is 0 Å². The number of rotatable bonds is 8. The van der Waals surface area contributed by atoms with E-state index in [9.17, 15) is 4.79 Å². The molecule has 8 heteroatoms. The molecule has 1 aliphatic rings. The number of methoxy groups -OCH3 is 1. The molecule has 3 heterocycles. The number of aromatic nitrogens is 5. The lowest BCUT2D eigenvalue weighted by Gasteiger charge is -2.09. The summed E-state index contributed by atoms with van der Waals surface area (Å²) in [6.45, 7) is 2.59. The normalized spacial score (nSPS) is 17.7. The van der Waals surface area contributed by atoms with Crippen LogP contribution in [-0.4, -0.2) is 38.3 Å². The van der Waals surface area contributed by atoms with E-state index in [1.54, 1.807) is 31.1 Å². The standard InChI is InChI=1S/C22H27N5O3/c1-14-12-26(2)24-19(14)7-5-15-10-21(25-27(3)22(15)28)30-13-16-9-18(16)20-8-6-17(29-4)11-23-20/h6,8,10-12,16,18H,5,7,9,13H2,1-4H3/t16-,18+/m1/s1. The molecule has 0 bridgehead atoms. The minimum Gasteiger partial charge on any atom is -0.495 e. The van der Waals surface area contributed by atoms with Gasteiger partial charge in [0.15, 0.2) is 0 Å². The highest BCUT2D eigenvalue weighted by atomic mass is 16.5. The van der Waals surface area contributed by atoms with Crippen molar-refractivity contribution >= 4 is 0 Å². The summed E-state index contributed by atoms with van der Waals surface area (Å²) in [6, 6.07) is 5.71. The fourth-order valence-corrected chi connectivity index (χ4v) is 3.76. The van der Waals surface area contributed by atoms with E-state index in [1.165, 1.54) is 4.68 Å². The first-order valence-corrected chi connectivity index (χ1v) is 10.1. The van der Waals surface area contributed by atoms with Crippen LogP contribution in [0.2, 0.25) is 0 Å². The maximum atomic E-state index is 12.5. The zero-order valence-corrected chi connectivity index (χ0v) is 17.8. The van der Waals surface area contributed by atoms with Crippen molar-refractivity contribution in [2.45, 2.75) is 32.1 Å². The summed E-state index contributed by atoms with van der Waals surface area (Å²) in [7, 11) is 5.20. The molecule has 0 amide bonds. The Morgan fingerprint density at radius 3 is 2.70 bits per heavy atom. The number of aryl methyl sites for hydroxylation is 5. The molecule has 4 rings (SSSR count). The fraction of sp³-hybridized carbons (Fsp3) is 0.455. The van der Waals surface area contributed by atoms with Crippen LogP contribution in [0.25, 0.3) is 0 Å². The second-order valence-corrected chi connectivity index (χ2v) is 7.91. The summed E-state index contributed by atoms with van der Waals surface area (Å²) >= 11 is 0. The number of pyridine rings is 1. The zero-order valence-electron chi connectivity index (χ0n) is 17.8. The second-order valence-electron chi connectivity index (χ2n) is 7.91. The van der Waals surface area contributed by atoms with Gasteiger partial charge in [0, 0.05) is 49.5 Å². The predicted molar refractivity (Wildman–Crippen MR) is 112 cm³/mol. The molecule has 0 spiro atoms. The molecule has 0 N–H and O–H groups in total. The van der Waals surface area contributed by atoms with Crippen LogP contribution in [0.5, 0.6) is 11.6 Å². The maximum absolute atomic E-state index is 12.5. The second kappa shape index (κ2) is 8.30. The summed E-state index contributed by atoms with van der Waals surface area (Å²) in [5.74, 6) is 2.05. The van der Waals surface area contributed by atoms with Gasteiger partial charge in [-0.3, -0.25) is 14.5 Å². The Morgan fingerprint density at radius 1 is 1.20 bits per heavy atom. The van der Waals surface area contributed by atoms with Gasteiger partial charge in [-0.05, 0) is 43.9 Å². The molecule has 30 heavy (non-hydrogen) atoms. The Morgan fingerprint density at radius 2 is 2.03 bits per heavy atom. The lowest BCUT2D eigenvalue weighted by atomic mass is 10.1. The van der Waals surface area contributed by atoms with Crippen LogP contribution in [0.3, 0.4) is 0 Å². The van der Waals surface area contributed by atoms with Crippen molar-refractivity contribution in [1.82, 2.24) is 24.5 Å². The first kappa shape index (κ1) is 20.1. The highest BCUT2D eigenvalue weighted by molar-refractivity contribution is 5.26. The van der Waals surface area contributed by atoms with Gasteiger partial charge in [0.1, 0.15) is 5.75 Å². The van der Waals surface area contributed by atoms with E-state index in [2.05, 4.69) is 15.2 Å². The zero-order chi connectivity index (χ0) is 21.3. The lowest BCUT2D eigenvalue weighted by molar-refractivity contribution is 0.277. The number of nitrogens with zero attached hydrogens (tertiary/aromatic N) is 5. The molecule has 8 nitrogen and oxygen atoms in total. The highest BCUT2D eigenvalue weighted by Gasteiger charge is 2.40. The summed E-state index contributed by atoms with van der Waals surface area (Å²) in [6.07, 6.45) is 6.08. The summed E-state index contributed by atoms with van der Waals surface area (Å²) in [5.41, 5.74) is 3.79. The predicted octanol–water partition coefficient (Wildman–Crippen LogP) is 2.19. The van der Waals surface area contributed by atoms with Crippen molar-refractivity contribution in [3.63, 3.8) is 0 Å².